The average molecular weight is 430 g/mol. The van der Waals surface area contributed by atoms with E-state index in [4.69, 9.17) is 4.74 Å². The lowest BCUT2D eigenvalue weighted by Gasteiger charge is -2.15. The Morgan fingerprint density at radius 3 is 2.38 bits per heavy atom. The maximum atomic E-state index is 13.3. The van der Waals surface area contributed by atoms with E-state index in [-0.39, 0.29) is 24.0 Å². The number of benzene rings is 3. The maximum absolute atomic E-state index is 13.3. The van der Waals surface area contributed by atoms with E-state index in [0.717, 1.165) is 5.56 Å². The third-order valence-electron chi connectivity index (χ3n) is 5.18. The molecular weight excluding hydrogens is 407 g/mol. The molecule has 3 aromatic carbocycles. The van der Waals surface area contributed by atoms with Gasteiger partial charge in [-0.2, -0.15) is 0 Å². The topological polar surface area (TPSA) is 58.6 Å². The first-order chi connectivity index (χ1) is 15.6. The molecule has 1 N–H and O–H groups in total. The number of carbonyl (C=O) groups is 2. The van der Waals surface area contributed by atoms with Crippen LogP contribution >= 0.6 is 0 Å². The molecule has 0 bridgehead atoms. The molecule has 162 valence electrons. The summed E-state index contributed by atoms with van der Waals surface area (Å²) in [4.78, 5) is 27.8. The molecule has 0 radical (unpaired) electrons. The van der Waals surface area contributed by atoms with Crippen molar-refractivity contribution in [2.45, 2.75) is 13.3 Å². The summed E-state index contributed by atoms with van der Waals surface area (Å²) in [5, 5.41) is 3.14. The molecule has 0 aliphatic carbocycles. The predicted molar refractivity (Wildman–Crippen MR) is 121 cm³/mol. The fraction of sp³-hybridized carbons (Fsp3) is 0.154. The first kappa shape index (κ1) is 21.3. The van der Waals surface area contributed by atoms with Gasteiger partial charge >= 0.3 is 0 Å². The Bertz CT molecular complexity index is 1160. The van der Waals surface area contributed by atoms with Crippen LogP contribution in [0.25, 0.3) is 5.57 Å². The van der Waals surface area contributed by atoms with Gasteiger partial charge in [-0.05, 0) is 48.7 Å². The minimum absolute atomic E-state index is 0.198. The summed E-state index contributed by atoms with van der Waals surface area (Å²) in [6, 6.07) is 22.4. The number of imide groups is 1. The van der Waals surface area contributed by atoms with E-state index in [1.165, 1.54) is 17.0 Å². The minimum atomic E-state index is -0.391. The van der Waals surface area contributed by atoms with Crippen LogP contribution in [0.15, 0.2) is 84.6 Å². The van der Waals surface area contributed by atoms with E-state index in [0.29, 0.717) is 35.6 Å². The molecule has 0 saturated carbocycles. The Balaban J connectivity index is 1.63. The molecule has 2 amide bonds. The van der Waals surface area contributed by atoms with Gasteiger partial charge in [0.2, 0.25) is 0 Å². The molecule has 0 atom stereocenters. The highest BCUT2D eigenvalue weighted by atomic mass is 19.1. The number of carbonyl (C=O) groups excluding carboxylic acids is 2. The fourth-order valence-corrected chi connectivity index (χ4v) is 3.63. The monoisotopic (exact) mass is 430 g/mol. The average Bonchev–Trinajstić information content (AvgIpc) is 3.03. The third kappa shape index (κ3) is 4.54. The van der Waals surface area contributed by atoms with Crippen LogP contribution in [0.5, 0.6) is 5.75 Å². The van der Waals surface area contributed by atoms with E-state index < -0.39 is 5.91 Å². The van der Waals surface area contributed by atoms with Gasteiger partial charge in [0.05, 0.1) is 12.2 Å². The number of hydrogen-bond donors (Lipinski definition) is 1. The summed E-state index contributed by atoms with van der Waals surface area (Å²) in [7, 11) is 0. The van der Waals surface area contributed by atoms with Crippen LogP contribution < -0.4 is 10.1 Å². The second kappa shape index (κ2) is 9.47. The molecule has 0 spiro atoms. The lowest BCUT2D eigenvalue weighted by Crippen LogP contribution is -2.34. The number of ether oxygens (including phenoxy) is 1. The highest BCUT2D eigenvalue weighted by Crippen LogP contribution is 2.31. The van der Waals surface area contributed by atoms with E-state index in [9.17, 15) is 14.0 Å². The Morgan fingerprint density at radius 1 is 0.906 bits per heavy atom. The van der Waals surface area contributed by atoms with Gasteiger partial charge in [-0.15, -0.1) is 0 Å². The molecule has 0 aromatic heterocycles. The molecule has 0 saturated heterocycles. The first-order valence-corrected chi connectivity index (χ1v) is 10.5. The van der Waals surface area contributed by atoms with Crippen molar-refractivity contribution in [2.75, 3.05) is 18.5 Å². The highest BCUT2D eigenvalue weighted by molar-refractivity contribution is 6.36. The van der Waals surface area contributed by atoms with E-state index in [1.54, 1.807) is 18.2 Å². The zero-order chi connectivity index (χ0) is 22.5. The van der Waals surface area contributed by atoms with Gasteiger partial charge in [0.1, 0.15) is 17.3 Å². The van der Waals surface area contributed by atoms with Crippen molar-refractivity contribution in [3.8, 4) is 5.75 Å². The lowest BCUT2D eigenvalue weighted by atomic mass is 10.0. The zero-order valence-corrected chi connectivity index (χ0v) is 17.7. The SMILES string of the molecule is CCOc1cccc(NC2=C(c3ccccc3)C(=O)N(CCc3ccc(F)cc3)C2=O)c1. The molecule has 6 heteroatoms. The molecule has 1 aliphatic rings. The van der Waals surface area contributed by atoms with Gasteiger partial charge < -0.3 is 10.1 Å². The summed E-state index contributed by atoms with van der Waals surface area (Å²) in [6.07, 6.45) is 0.437. The number of rotatable bonds is 8. The third-order valence-corrected chi connectivity index (χ3v) is 5.18. The number of hydrogen-bond acceptors (Lipinski definition) is 4. The molecule has 0 unspecified atom stereocenters. The van der Waals surface area contributed by atoms with Crippen LogP contribution in [0, 0.1) is 5.82 Å². The van der Waals surface area contributed by atoms with Crippen LogP contribution in [0.4, 0.5) is 10.1 Å². The number of nitrogens with one attached hydrogen (secondary N) is 1. The highest BCUT2D eigenvalue weighted by Gasteiger charge is 2.38. The van der Waals surface area contributed by atoms with Gasteiger partial charge in [-0.1, -0.05) is 48.5 Å². The van der Waals surface area contributed by atoms with E-state index in [1.807, 2.05) is 55.5 Å². The van der Waals surface area contributed by atoms with Gasteiger partial charge in [-0.3, -0.25) is 14.5 Å². The van der Waals surface area contributed by atoms with Gasteiger partial charge in [0, 0.05) is 18.3 Å². The molecule has 32 heavy (non-hydrogen) atoms. The van der Waals surface area contributed by atoms with Gasteiger partial charge in [-0.25, -0.2) is 4.39 Å². The van der Waals surface area contributed by atoms with Crippen molar-refractivity contribution < 1.29 is 18.7 Å². The van der Waals surface area contributed by atoms with Crippen molar-refractivity contribution in [1.29, 1.82) is 0 Å². The number of halogens is 1. The normalized spacial score (nSPS) is 13.6. The summed E-state index contributed by atoms with van der Waals surface area (Å²) in [5.41, 5.74) is 2.73. The molecule has 1 heterocycles. The fourth-order valence-electron chi connectivity index (χ4n) is 3.63. The smallest absolute Gasteiger partial charge is 0.278 e. The lowest BCUT2D eigenvalue weighted by molar-refractivity contribution is -0.136. The number of anilines is 1. The quantitative estimate of drug-likeness (QED) is 0.528. The molecule has 5 nitrogen and oxygen atoms in total. The zero-order valence-electron chi connectivity index (χ0n) is 17.7. The van der Waals surface area contributed by atoms with E-state index >= 15 is 0 Å². The summed E-state index contributed by atoms with van der Waals surface area (Å²) in [5.74, 6) is -0.398. The summed E-state index contributed by atoms with van der Waals surface area (Å²) >= 11 is 0. The summed E-state index contributed by atoms with van der Waals surface area (Å²) in [6.45, 7) is 2.62. The van der Waals surface area contributed by atoms with E-state index in [2.05, 4.69) is 5.32 Å². The Hall–Kier alpha value is -3.93. The molecule has 4 rings (SSSR count). The van der Waals surface area contributed by atoms with Crippen LogP contribution in [0.2, 0.25) is 0 Å². The molecule has 0 fully saturated rings. The predicted octanol–water partition coefficient (Wildman–Crippen LogP) is 4.66. The van der Waals surface area contributed by atoms with Crippen LogP contribution in [-0.4, -0.2) is 29.9 Å². The second-order valence-electron chi connectivity index (χ2n) is 7.34. The Morgan fingerprint density at radius 2 is 1.66 bits per heavy atom. The Kier molecular flexibility index (Phi) is 6.31. The maximum Gasteiger partial charge on any atom is 0.278 e. The van der Waals surface area contributed by atoms with Crippen molar-refractivity contribution in [2.24, 2.45) is 0 Å². The van der Waals surface area contributed by atoms with Crippen LogP contribution in [0.3, 0.4) is 0 Å². The molecule has 3 aromatic rings. The first-order valence-electron chi connectivity index (χ1n) is 10.5. The summed E-state index contributed by atoms with van der Waals surface area (Å²) < 4.78 is 18.7. The van der Waals surface area contributed by atoms with Crippen molar-refractivity contribution >= 4 is 23.1 Å². The van der Waals surface area contributed by atoms with Crippen molar-refractivity contribution in [3.05, 3.63) is 102 Å². The van der Waals surface area contributed by atoms with Crippen LogP contribution in [-0.2, 0) is 16.0 Å². The largest absolute Gasteiger partial charge is 0.494 e. The Labute approximate surface area is 186 Å². The number of nitrogens with zero attached hydrogens (tertiary/aromatic N) is 1. The van der Waals surface area contributed by atoms with Crippen molar-refractivity contribution in [1.82, 2.24) is 4.90 Å². The van der Waals surface area contributed by atoms with Crippen molar-refractivity contribution in [3.63, 3.8) is 0 Å². The van der Waals surface area contributed by atoms with Crippen LogP contribution in [0.1, 0.15) is 18.1 Å². The number of amides is 2. The van der Waals surface area contributed by atoms with Gasteiger partial charge in [0.15, 0.2) is 0 Å². The second-order valence-corrected chi connectivity index (χ2v) is 7.34. The minimum Gasteiger partial charge on any atom is -0.494 e. The molecular formula is C26H23FN2O3. The van der Waals surface area contributed by atoms with Gasteiger partial charge in [0.25, 0.3) is 11.8 Å². The standard InChI is InChI=1S/C26H23FN2O3/c1-2-32-22-10-6-9-21(17-22)28-24-23(19-7-4-3-5-8-19)25(30)29(26(24)31)16-15-18-11-13-20(27)14-12-18/h3-14,17,28H,2,15-16H2,1H3. The molecule has 1 aliphatic heterocycles.